The van der Waals surface area contributed by atoms with Crippen LogP contribution in [0.5, 0.6) is 0 Å². The van der Waals surface area contributed by atoms with Crippen LogP contribution in [0.4, 0.5) is 5.69 Å². The second-order valence-electron chi connectivity index (χ2n) is 7.30. The molecule has 0 atom stereocenters. The molecule has 7 nitrogen and oxygen atoms in total. The Balaban J connectivity index is 1.51. The van der Waals surface area contributed by atoms with Crippen LogP contribution in [0.15, 0.2) is 62.2 Å². The molecule has 164 valence electrons. The highest BCUT2D eigenvalue weighted by atomic mass is 79.9. The zero-order valence-corrected chi connectivity index (χ0v) is 20.0. The van der Waals surface area contributed by atoms with Crippen LogP contribution in [0.3, 0.4) is 0 Å². The van der Waals surface area contributed by atoms with Crippen molar-refractivity contribution in [3.05, 3.63) is 84.8 Å². The number of aromatic amines is 1. The number of benzene rings is 2. The number of anilines is 1. The number of hydrogen-bond donors (Lipinski definition) is 2. The van der Waals surface area contributed by atoms with Crippen molar-refractivity contribution in [3.63, 3.8) is 0 Å². The molecule has 5 aromatic rings. The standard InChI is InChI=1S/C23H13BrCl2N4O3/c1-10-6-11(7-18(26)27-10)22(31)28-13-3-4-14(16(25)9-13)21-29-19-15-8-12(24)2-5-17(15)33-20(19)23(32)30-21/h2-9H,1H3,(H,28,31)(H,29,30,32). The summed E-state index contributed by atoms with van der Waals surface area (Å²) in [6.07, 6.45) is 0. The summed E-state index contributed by atoms with van der Waals surface area (Å²) in [6, 6.07) is 13.5. The monoisotopic (exact) mass is 542 g/mol. The van der Waals surface area contributed by atoms with Crippen molar-refractivity contribution in [3.8, 4) is 11.4 Å². The number of aromatic nitrogens is 3. The highest BCUT2D eigenvalue weighted by molar-refractivity contribution is 9.10. The summed E-state index contributed by atoms with van der Waals surface area (Å²) in [4.78, 5) is 36.6. The van der Waals surface area contributed by atoms with Crippen molar-refractivity contribution < 1.29 is 9.21 Å². The Hall–Kier alpha value is -3.20. The number of carbonyl (C=O) groups excluding carboxylic acids is 1. The summed E-state index contributed by atoms with van der Waals surface area (Å²) in [5.41, 5.74) is 2.69. The molecule has 2 aromatic carbocycles. The van der Waals surface area contributed by atoms with Crippen LogP contribution in [0, 0.1) is 6.92 Å². The third-order valence-corrected chi connectivity index (χ3v) is 5.95. The van der Waals surface area contributed by atoms with E-state index in [4.69, 9.17) is 27.6 Å². The van der Waals surface area contributed by atoms with E-state index >= 15 is 0 Å². The first-order valence-electron chi connectivity index (χ1n) is 9.66. The van der Waals surface area contributed by atoms with Crippen molar-refractivity contribution in [2.24, 2.45) is 0 Å². The first-order valence-corrected chi connectivity index (χ1v) is 11.2. The third-order valence-electron chi connectivity index (χ3n) is 4.95. The molecule has 5 rings (SSSR count). The Bertz CT molecular complexity index is 1620. The van der Waals surface area contributed by atoms with Gasteiger partial charge in [-0.05, 0) is 55.5 Å². The number of nitrogens with zero attached hydrogens (tertiary/aromatic N) is 2. The SMILES string of the molecule is Cc1cc(C(=O)Nc2ccc(-c3nc4c(oc5ccc(Br)cc54)c(=O)[nH]3)c(Cl)c2)cc(Cl)n1. The van der Waals surface area contributed by atoms with Gasteiger partial charge >= 0.3 is 0 Å². The number of halogens is 3. The average molecular weight is 544 g/mol. The number of fused-ring (bicyclic) bond motifs is 3. The smallest absolute Gasteiger partial charge is 0.294 e. The van der Waals surface area contributed by atoms with Gasteiger partial charge in [-0.25, -0.2) is 9.97 Å². The predicted octanol–water partition coefficient (Wildman–Crippen LogP) is 6.36. The molecular weight excluding hydrogens is 531 g/mol. The third kappa shape index (κ3) is 4.13. The van der Waals surface area contributed by atoms with Crippen LogP contribution < -0.4 is 10.9 Å². The van der Waals surface area contributed by atoms with Gasteiger partial charge in [0.05, 0.1) is 5.02 Å². The summed E-state index contributed by atoms with van der Waals surface area (Å²) in [7, 11) is 0. The Morgan fingerprint density at radius 1 is 1.09 bits per heavy atom. The van der Waals surface area contributed by atoms with Crippen LogP contribution in [0.1, 0.15) is 16.1 Å². The lowest BCUT2D eigenvalue weighted by molar-refractivity contribution is 0.102. The molecule has 10 heteroatoms. The molecule has 0 aliphatic rings. The topological polar surface area (TPSA) is 101 Å². The number of carbonyl (C=O) groups is 1. The van der Waals surface area contributed by atoms with Gasteiger partial charge in [0.2, 0.25) is 5.58 Å². The fourth-order valence-electron chi connectivity index (χ4n) is 3.50. The van der Waals surface area contributed by atoms with Crippen molar-refractivity contribution in [2.45, 2.75) is 6.92 Å². The lowest BCUT2D eigenvalue weighted by Crippen LogP contribution is -2.12. The van der Waals surface area contributed by atoms with Crippen molar-refractivity contribution >= 4 is 72.8 Å². The number of nitrogens with one attached hydrogen (secondary N) is 2. The normalized spacial score (nSPS) is 11.3. The van der Waals surface area contributed by atoms with E-state index < -0.39 is 5.56 Å². The minimum atomic E-state index is -0.416. The molecule has 3 heterocycles. The molecule has 0 saturated carbocycles. The minimum absolute atomic E-state index is 0.137. The molecule has 0 radical (unpaired) electrons. The van der Waals surface area contributed by atoms with Crippen LogP contribution in [-0.2, 0) is 0 Å². The van der Waals surface area contributed by atoms with Gasteiger partial charge in [-0.2, -0.15) is 0 Å². The molecular formula is C23H13BrCl2N4O3. The molecule has 0 aliphatic carbocycles. The Labute approximate surface area is 204 Å². The van der Waals surface area contributed by atoms with Crippen molar-refractivity contribution in [1.82, 2.24) is 15.0 Å². The zero-order chi connectivity index (χ0) is 23.3. The van der Waals surface area contributed by atoms with Crippen LogP contribution in [-0.4, -0.2) is 20.9 Å². The van der Waals surface area contributed by atoms with Crippen molar-refractivity contribution in [1.29, 1.82) is 0 Å². The second kappa shape index (κ2) is 8.30. The summed E-state index contributed by atoms with van der Waals surface area (Å²) in [6.45, 7) is 1.75. The van der Waals surface area contributed by atoms with Gasteiger partial charge < -0.3 is 14.7 Å². The predicted molar refractivity (Wildman–Crippen MR) is 132 cm³/mol. The lowest BCUT2D eigenvalue weighted by Gasteiger charge is -2.09. The van der Waals surface area contributed by atoms with Gasteiger partial charge in [-0.3, -0.25) is 9.59 Å². The molecule has 2 N–H and O–H groups in total. The first-order chi connectivity index (χ1) is 15.8. The van der Waals surface area contributed by atoms with Crippen LogP contribution in [0.2, 0.25) is 10.2 Å². The molecule has 0 unspecified atom stereocenters. The van der Waals surface area contributed by atoms with E-state index in [1.807, 2.05) is 12.1 Å². The minimum Gasteiger partial charge on any atom is -0.449 e. The maximum absolute atomic E-state index is 12.6. The average Bonchev–Trinajstić information content (AvgIpc) is 3.11. The van der Waals surface area contributed by atoms with E-state index in [2.05, 4.69) is 36.2 Å². The van der Waals surface area contributed by atoms with Gasteiger partial charge in [-0.15, -0.1) is 0 Å². The maximum Gasteiger partial charge on any atom is 0.294 e. The highest BCUT2D eigenvalue weighted by Crippen LogP contribution is 2.32. The number of H-pyrrole nitrogens is 1. The largest absolute Gasteiger partial charge is 0.449 e. The van der Waals surface area contributed by atoms with Gasteiger partial charge in [0.25, 0.3) is 11.5 Å². The van der Waals surface area contributed by atoms with E-state index in [0.29, 0.717) is 44.0 Å². The number of hydrogen-bond acceptors (Lipinski definition) is 5. The number of pyridine rings is 1. The van der Waals surface area contributed by atoms with E-state index in [9.17, 15) is 9.59 Å². The number of amides is 1. The van der Waals surface area contributed by atoms with E-state index in [1.165, 1.54) is 6.07 Å². The second-order valence-corrected chi connectivity index (χ2v) is 9.01. The molecule has 0 spiro atoms. The fraction of sp³-hybridized carbons (Fsp3) is 0.0435. The summed E-state index contributed by atoms with van der Waals surface area (Å²) in [5.74, 6) is -0.0656. The van der Waals surface area contributed by atoms with Crippen LogP contribution in [0.25, 0.3) is 33.5 Å². The van der Waals surface area contributed by atoms with Crippen molar-refractivity contribution in [2.75, 3.05) is 5.32 Å². The molecule has 3 aromatic heterocycles. The Kier molecular flexibility index (Phi) is 5.44. The molecule has 0 bridgehead atoms. The summed E-state index contributed by atoms with van der Waals surface area (Å²) < 4.78 is 6.50. The van der Waals surface area contributed by atoms with E-state index in [-0.39, 0.29) is 22.5 Å². The lowest BCUT2D eigenvalue weighted by atomic mass is 10.1. The quantitative estimate of drug-likeness (QED) is 0.258. The molecule has 0 saturated heterocycles. The Morgan fingerprint density at radius 2 is 1.91 bits per heavy atom. The number of aryl methyl sites for hydroxylation is 1. The molecule has 33 heavy (non-hydrogen) atoms. The highest BCUT2D eigenvalue weighted by Gasteiger charge is 2.17. The van der Waals surface area contributed by atoms with Gasteiger partial charge in [0.15, 0.2) is 0 Å². The summed E-state index contributed by atoms with van der Waals surface area (Å²) >= 11 is 15.9. The molecule has 0 fully saturated rings. The summed E-state index contributed by atoms with van der Waals surface area (Å²) in [5, 5.41) is 4.02. The van der Waals surface area contributed by atoms with Gasteiger partial charge in [-0.1, -0.05) is 39.1 Å². The number of furan rings is 1. The zero-order valence-electron chi connectivity index (χ0n) is 16.9. The van der Waals surface area contributed by atoms with Crippen LogP contribution >= 0.6 is 39.1 Å². The molecule has 0 aliphatic heterocycles. The van der Waals surface area contributed by atoms with E-state index in [1.54, 1.807) is 37.3 Å². The first kappa shape index (κ1) is 21.6. The maximum atomic E-state index is 12.6. The van der Waals surface area contributed by atoms with Gasteiger partial charge in [0, 0.05) is 32.4 Å². The molecule has 1 amide bonds. The van der Waals surface area contributed by atoms with Gasteiger partial charge in [0.1, 0.15) is 22.1 Å². The Morgan fingerprint density at radius 3 is 2.67 bits per heavy atom. The fourth-order valence-corrected chi connectivity index (χ4v) is 4.38. The van der Waals surface area contributed by atoms with E-state index in [0.717, 1.165) is 4.47 Å². The number of rotatable bonds is 3.